The fourth-order valence-corrected chi connectivity index (χ4v) is 10.1. The number of hydrogen-bond acceptors (Lipinski definition) is 1. The van der Waals surface area contributed by atoms with E-state index in [-0.39, 0.29) is 5.41 Å². The molecule has 56 heavy (non-hydrogen) atoms. The summed E-state index contributed by atoms with van der Waals surface area (Å²) in [5.74, 6) is 0. The Morgan fingerprint density at radius 2 is 0.946 bits per heavy atom. The highest BCUT2D eigenvalue weighted by Crippen LogP contribution is 2.54. The van der Waals surface area contributed by atoms with Crippen LogP contribution < -0.4 is 0 Å². The smallest absolute Gasteiger partial charge is 0.140 e. The van der Waals surface area contributed by atoms with Crippen LogP contribution in [0.25, 0.3) is 110 Å². The van der Waals surface area contributed by atoms with E-state index in [1.807, 2.05) is 0 Å². The van der Waals surface area contributed by atoms with E-state index in [4.69, 9.17) is 4.42 Å². The second kappa shape index (κ2) is 11.5. The third-order valence-corrected chi connectivity index (χ3v) is 12.6. The Kier molecular flexibility index (Phi) is 6.46. The van der Waals surface area contributed by atoms with Gasteiger partial charge >= 0.3 is 0 Å². The lowest BCUT2D eigenvalue weighted by Crippen LogP contribution is -2.15. The number of rotatable bonds is 3. The summed E-state index contributed by atoms with van der Waals surface area (Å²) >= 11 is 0. The largest absolute Gasteiger partial charge is 0.456 e. The molecule has 0 spiro atoms. The monoisotopic (exact) mass is 712 g/mol. The maximum absolute atomic E-state index is 6.90. The molecular weight excluding hydrogens is 677 g/mol. The molecule has 0 unspecified atom stereocenters. The lowest BCUT2D eigenvalue weighted by atomic mass is 9.81. The van der Waals surface area contributed by atoms with Crippen LogP contribution in [0.15, 0.2) is 186 Å². The Morgan fingerprint density at radius 1 is 0.357 bits per heavy atom. The van der Waals surface area contributed by atoms with E-state index in [0.717, 1.165) is 21.9 Å². The van der Waals surface area contributed by atoms with Crippen LogP contribution in [0, 0.1) is 0 Å². The van der Waals surface area contributed by atoms with E-state index in [1.54, 1.807) is 0 Å². The van der Waals surface area contributed by atoms with E-state index >= 15 is 0 Å². The van der Waals surface area contributed by atoms with Crippen LogP contribution in [-0.4, -0.2) is 0 Å². The third-order valence-electron chi connectivity index (χ3n) is 12.6. The van der Waals surface area contributed by atoms with Crippen molar-refractivity contribution in [2.24, 2.45) is 0 Å². The number of hydrogen-bond donors (Lipinski definition) is 0. The Labute approximate surface area is 325 Å². The summed E-state index contributed by atoms with van der Waals surface area (Å²) in [5.41, 5.74) is 14.4. The Bertz CT molecular complexity index is 3380. The van der Waals surface area contributed by atoms with Crippen LogP contribution in [0.1, 0.15) is 25.0 Å². The molecule has 0 fully saturated rings. The molecule has 0 atom stereocenters. The minimum Gasteiger partial charge on any atom is -0.456 e. The lowest BCUT2D eigenvalue weighted by molar-refractivity contribution is 0.620. The van der Waals surface area contributed by atoms with Crippen molar-refractivity contribution < 1.29 is 4.42 Å². The molecule has 1 heterocycles. The van der Waals surface area contributed by atoms with Crippen molar-refractivity contribution in [3.63, 3.8) is 0 Å². The van der Waals surface area contributed by atoms with Gasteiger partial charge in [0.05, 0.1) is 0 Å². The van der Waals surface area contributed by atoms with Crippen molar-refractivity contribution in [1.29, 1.82) is 0 Å². The van der Waals surface area contributed by atoms with Gasteiger partial charge in [0.25, 0.3) is 0 Å². The van der Waals surface area contributed by atoms with Gasteiger partial charge in [-0.05, 0) is 123 Å². The molecule has 12 rings (SSSR count). The zero-order valence-corrected chi connectivity index (χ0v) is 31.2. The summed E-state index contributed by atoms with van der Waals surface area (Å²) in [6.07, 6.45) is 0. The standard InChI is InChI=1S/C55H36O/c1-55(2)49-32-34(33-14-4-3-5-15-33)24-26-40(49)45-27-28-46-47-31-36(25-29-50(47)56-54(46)53(45)55)51-41-20-10-12-22-43(41)52(44-23-13-11-21-42(44)51)48-30-35-16-6-7-17-37(35)38-18-8-9-19-39(38)48/h3-32H,1-2H3. The molecule has 10 aromatic carbocycles. The van der Waals surface area contributed by atoms with Crippen LogP contribution in [0.3, 0.4) is 0 Å². The average Bonchev–Trinajstić information content (AvgIpc) is 3.73. The van der Waals surface area contributed by atoms with Crippen LogP contribution in [-0.2, 0) is 5.41 Å². The topological polar surface area (TPSA) is 13.1 Å². The fraction of sp³-hybridized carbons (Fsp3) is 0.0545. The highest BCUT2D eigenvalue weighted by Gasteiger charge is 2.39. The lowest BCUT2D eigenvalue weighted by Gasteiger charge is -2.22. The first-order chi connectivity index (χ1) is 27.5. The number of benzene rings is 10. The van der Waals surface area contributed by atoms with Gasteiger partial charge in [-0.25, -0.2) is 0 Å². The third kappa shape index (κ3) is 4.31. The number of furan rings is 1. The van der Waals surface area contributed by atoms with E-state index in [0.29, 0.717) is 0 Å². The van der Waals surface area contributed by atoms with E-state index in [2.05, 4.69) is 196 Å². The zero-order chi connectivity index (χ0) is 37.1. The van der Waals surface area contributed by atoms with Gasteiger partial charge in [0.15, 0.2) is 0 Å². The van der Waals surface area contributed by atoms with Crippen molar-refractivity contribution in [2.75, 3.05) is 0 Å². The summed E-state index contributed by atoms with van der Waals surface area (Å²) in [6, 6.07) is 67.1. The molecule has 1 heteroatoms. The predicted molar refractivity (Wildman–Crippen MR) is 238 cm³/mol. The SMILES string of the molecule is CC1(C)c2cc(-c3ccccc3)ccc2-c2ccc3c(oc4ccc(-c5c6ccccc6c(-c6cc7ccccc7c7ccccc67)c6ccccc56)cc43)c21. The van der Waals surface area contributed by atoms with Gasteiger partial charge in [0.1, 0.15) is 11.2 Å². The fourth-order valence-electron chi connectivity index (χ4n) is 10.1. The molecule has 0 saturated heterocycles. The Hall–Kier alpha value is -6.96. The summed E-state index contributed by atoms with van der Waals surface area (Å²) in [7, 11) is 0. The normalized spacial score (nSPS) is 13.3. The van der Waals surface area contributed by atoms with Crippen molar-refractivity contribution in [1.82, 2.24) is 0 Å². The van der Waals surface area contributed by atoms with Crippen molar-refractivity contribution >= 4 is 65.0 Å². The quantitative estimate of drug-likeness (QED) is 0.131. The molecule has 11 aromatic rings. The number of fused-ring (bicyclic) bond motifs is 12. The van der Waals surface area contributed by atoms with Crippen LogP contribution in [0.4, 0.5) is 0 Å². The van der Waals surface area contributed by atoms with E-state index < -0.39 is 0 Å². The molecule has 262 valence electrons. The minimum atomic E-state index is -0.221. The molecule has 1 nitrogen and oxygen atoms in total. The first kappa shape index (κ1) is 31.4. The highest BCUT2D eigenvalue weighted by atomic mass is 16.3. The van der Waals surface area contributed by atoms with Gasteiger partial charge in [-0.1, -0.05) is 166 Å². The summed E-state index contributed by atoms with van der Waals surface area (Å²) in [4.78, 5) is 0. The summed E-state index contributed by atoms with van der Waals surface area (Å²) in [6.45, 7) is 4.70. The summed E-state index contributed by atoms with van der Waals surface area (Å²) < 4.78 is 6.90. The molecule has 1 aromatic heterocycles. The molecule has 0 saturated carbocycles. The molecule has 0 N–H and O–H groups in total. The van der Waals surface area contributed by atoms with E-state index in [9.17, 15) is 0 Å². The maximum atomic E-state index is 6.90. The molecule has 1 aliphatic rings. The first-order valence-electron chi connectivity index (χ1n) is 19.6. The summed E-state index contributed by atoms with van der Waals surface area (Å²) in [5, 5.41) is 12.4. The van der Waals surface area contributed by atoms with Gasteiger partial charge in [-0.15, -0.1) is 0 Å². The van der Waals surface area contributed by atoms with Gasteiger partial charge in [-0.2, -0.15) is 0 Å². The molecular formula is C55H36O. The molecule has 0 amide bonds. The van der Waals surface area contributed by atoms with E-state index in [1.165, 1.54) is 98.7 Å². The highest BCUT2D eigenvalue weighted by molar-refractivity contribution is 6.26. The van der Waals surface area contributed by atoms with Gasteiger partial charge in [0, 0.05) is 21.8 Å². The Morgan fingerprint density at radius 3 is 1.68 bits per heavy atom. The molecule has 0 radical (unpaired) electrons. The zero-order valence-electron chi connectivity index (χ0n) is 31.2. The van der Waals surface area contributed by atoms with Crippen molar-refractivity contribution in [3.05, 3.63) is 193 Å². The molecule has 1 aliphatic carbocycles. The van der Waals surface area contributed by atoms with Gasteiger partial charge < -0.3 is 4.42 Å². The van der Waals surface area contributed by atoms with Crippen molar-refractivity contribution in [2.45, 2.75) is 19.3 Å². The van der Waals surface area contributed by atoms with Crippen LogP contribution in [0.2, 0.25) is 0 Å². The predicted octanol–water partition coefficient (Wildman–Crippen LogP) is 15.5. The second-order valence-electron chi connectivity index (χ2n) is 16.0. The van der Waals surface area contributed by atoms with Crippen LogP contribution in [0.5, 0.6) is 0 Å². The average molecular weight is 713 g/mol. The van der Waals surface area contributed by atoms with Gasteiger partial charge in [-0.3, -0.25) is 0 Å². The molecule has 0 aliphatic heterocycles. The first-order valence-corrected chi connectivity index (χ1v) is 19.6. The minimum absolute atomic E-state index is 0.221. The molecule has 0 bridgehead atoms. The Balaban J connectivity index is 1.08. The van der Waals surface area contributed by atoms with Crippen molar-refractivity contribution in [3.8, 4) is 44.5 Å². The van der Waals surface area contributed by atoms with Crippen LogP contribution >= 0.6 is 0 Å². The second-order valence-corrected chi connectivity index (χ2v) is 16.0. The maximum Gasteiger partial charge on any atom is 0.140 e. The van der Waals surface area contributed by atoms with Gasteiger partial charge in [0.2, 0.25) is 0 Å².